The highest BCUT2D eigenvalue weighted by atomic mass is 16.5. The van der Waals surface area contributed by atoms with Crippen molar-refractivity contribution < 1.29 is 9.53 Å². The van der Waals surface area contributed by atoms with E-state index < -0.39 is 0 Å². The SMILES string of the molecule is COc1cc2c(cc1Nc1ncc3ccc(NCc4ccc5c(c4)C(=O)NC5)cc3n1)CN(C)CC2. The number of aromatic nitrogens is 2. The molecule has 2 aliphatic rings. The molecule has 182 valence electrons. The molecule has 6 rings (SSSR count). The Labute approximate surface area is 209 Å². The second kappa shape index (κ2) is 9.13. The summed E-state index contributed by atoms with van der Waals surface area (Å²) in [6, 6.07) is 16.3. The van der Waals surface area contributed by atoms with Crippen molar-refractivity contribution in [3.8, 4) is 5.75 Å². The van der Waals surface area contributed by atoms with E-state index >= 15 is 0 Å². The van der Waals surface area contributed by atoms with Gasteiger partial charge in [-0.25, -0.2) is 9.97 Å². The number of hydrogen-bond acceptors (Lipinski definition) is 7. The van der Waals surface area contributed by atoms with E-state index in [1.54, 1.807) is 7.11 Å². The molecule has 2 aliphatic heterocycles. The molecule has 3 N–H and O–H groups in total. The molecule has 0 bridgehead atoms. The van der Waals surface area contributed by atoms with Gasteiger partial charge in [-0.2, -0.15) is 0 Å². The maximum Gasteiger partial charge on any atom is 0.251 e. The van der Waals surface area contributed by atoms with Crippen LogP contribution in [0.15, 0.2) is 54.7 Å². The van der Waals surface area contributed by atoms with E-state index in [1.165, 1.54) is 11.1 Å². The largest absolute Gasteiger partial charge is 0.495 e. The highest BCUT2D eigenvalue weighted by Gasteiger charge is 2.19. The predicted molar refractivity (Wildman–Crippen MR) is 141 cm³/mol. The third kappa shape index (κ3) is 4.31. The summed E-state index contributed by atoms with van der Waals surface area (Å²) in [5.41, 5.74) is 8.14. The van der Waals surface area contributed by atoms with E-state index in [1.807, 2.05) is 36.5 Å². The Kier molecular flexibility index (Phi) is 5.65. The van der Waals surface area contributed by atoms with Crippen LogP contribution in [0.25, 0.3) is 10.9 Å². The Balaban J connectivity index is 1.22. The molecule has 8 nitrogen and oxygen atoms in total. The smallest absolute Gasteiger partial charge is 0.251 e. The normalized spacial score (nSPS) is 14.8. The Hall–Kier alpha value is -4.17. The fraction of sp³-hybridized carbons (Fsp3) is 0.250. The molecule has 0 saturated carbocycles. The van der Waals surface area contributed by atoms with Crippen molar-refractivity contribution in [3.05, 3.63) is 82.5 Å². The van der Waals surface area contributed by atoms with Crippen molar-refractivity contribution in [2.45, 2.75) is 26.1 Å². The van der Waals surface area contributed by atoms with Gasteiger partial charge in [0.15, 0.2) is 0 Å². The summed E-state index contributed by atoms with van der Waals surface area (Å²) in [5, 5.41) is 10.6. The summed E-state index contributed by atoms with van der Waals surface area (Å²) < 4.78 is 5.66. The zero-order valence-electron chi connectivity index (χ0n) is 20.4. The minimum atomic E-state index is -0.00291. The molecular formula is C28H28N6O2. The molecule has 3 aromatic carbocycles. The second-order valence-corrected chi connectivity index (χ2v) is 9.43. The number of fused-ring (bicyclic) bond motifs is 3. The zero-order chi connectivity index (χ0) is 24.6. The van der Waals surface area contributed by atoms with Crippen LogP contribution in [0.5, 0.6) is 5.75 Å². The molecule has 0 spiro atoms. The standard InChI is InChI=1S/C28H28N6O2/c1-34-8-7-18-11-26(36-2)25(10-21(18)16-34)33-28-31-15-20-5-6-22(12-24(20)32-28)29-13-17-3-4-19-14-30-27(35)23(19)9-17/h3-6,9-12,15,29H,7-8,13-14,16H2,1-2H3,(H,30,35)(H,31,32,33). The number of benzene rings is 3. The van der Waals surface area contributed by atoms with Gasteiger partial charge in [-0.1, -0.05) is 12.1 Å². The summed E-state index contributed by atoms with van der Waals surface area (Å²) >= 11 is 0. The quantitative estimate of drug-likeness (QED) is 0.381. The van der Waals surface area contributed by atoms with Gasteiger partial charge >= 0.3 is 0 Å². The highest BCUT2D eigenvalue weighted by Crippen LogP contribution is 2.33. The van der Waals surface area contributed by atoms with Gasteiger partial charge in [-0.05, 0) is 72.1 Å². The molecule has 0 unspecified atom stereocenters. The number of nitrogens with zero attached hydrogens (tertiary/aromatic N) is 3. The van der Waals surface area contributed by atoms with Gasteiger partial charge in [-0.15, -0.1) is 0 Å². The number of carbonyl (C=O) groups is 1. The number of carbonyl (C=O) groups excluding carboxylic acids is 1. The van der Waals surface area contributed by atoms with Crippen LogP contribution < -0.4 is 20.7 Å². The number of hydrogen-bond donors (Lipinski definition) is 3. The summed E-state index contributed by atoms with van der Waals surface area (Å²) in [7, 11) is 3.83. The lowest BCUT2D eigenvalue weighted by molar-refractivity contribution is 0.0965. The minimum Gasteiger partial charge on any atom is -0.495 e. The Morgan fingerprint density at radius 1 is 1.08 bits per heavy atom. The van der Waals surface area contributed by atoms with Gasteiger partial charge in [0.25, 0.3) is 5.91 Å². The molecule has 0 saturated heterocycles. The lowest BCUT2D eigenvalue weighted by atomic mass is 9.99. The third-order valence-corrected chi connectivity index (χ3v) is 6.91. The van der Waals surface area contributed by atoms with Crippen LogP contribution >= 0.6 is 0 Å². The van der Waals surface area contributed by atoms with E-state index in [0.29, 0.717) is 19.0 Å². The van der Waals surface area contributed by atoms with E-state index in [9.17, 15) is 4.79 Å². The van der Waals surface area contributed by atoms with Crippen LogP contribution in [-0.4, -0.2) is 41.5 Å². The van der Waals surface area contributed by atoms with Crippen LogP contribution in [0.2, 0.25) is 0 Å². The van der Waals surface area contributed by atoms with Crippen LogP contribution in [0.3, 0.4) is 0 Å². The molecule has 4 aromatic rings. The Morgan fingerprint density at radius 2 is 2.00 bits per heavy atom. The second-order valence-electron chi connectivity index (χ2n) is 9.43. The lowest BCUT2D eigenvalue weighted by Crippen LogP contribution is -2.26. The van der Waals surface area contributed by atoms with E-state index in [-0.39, 0.29) is 5.91 Å². The molecule has 0 atom stereocenters. The number of ether oxygens (including phenoxy) is 1. The average molecular weight is 481 g/mol. The predicted octanol–water partition coefficient (Wildman–Crippen LogP) is 4.23. The van der Waals surface area contributed by atoms with Crippen molar-refractivity contribution in [1.29, 1.82) is 0 Å². The van der Waals surface area contributed by atoms with Crippen LogP contribution in [0.4, 0.5) is 17.3 Å². The van der Waals surface area contributed by atoms with Crippen LogP contribution in [0.1, 0.15) is 32.6 Å². The number of amides is 1. The molecule has 1 aromatic heterocycles. The van der Waals surface area contributed by atoms with Crippen molar-refractivity contribution in [1.82, 2.24) is 20.2 Å². The van der Waals surface area contributed by atoms with Crippen molar-refractivity contribution in [3.63, 3.8) is 0 Å². The van der Waals surface area contributed by atoms with Gasteiger partial charge in [-0.3, -0.25) is 4.79 Å². The van der Waals surface area contributed by atoms with Gasteiger partial charge in [0.05, 0.1) is 18.3 Å². The third-order valence-electron chi connectivity index (χ3n) is 6.91. The molecule has 0 fully saturated rings. The fourth-order valence-corrected chi connectivity index (χ4v) is 4.88. The maximum absolute atomic E-state index is 12.0. The van der Waals surface area contributed by atoms with Crippen molar-refractivity contribution >= 4 is 34.1 Å². The molecule has 0 radical (unpaired) electrons. The zero-order valence-corrected chi connectivity index (χ0v) is 20.4. The van der Waals surface area contributed by atoms with E-state index in [4.69, 9.17) is 9.72 Å². The number of anilines is 3. The topological polar surface area (TPSA) is 91.4 Å². The summed E-state index contributed by atoms with van der Waals surface area (Å²) in [6.07, 6.45) is 2.84. The fourth-order valence-electron chi connectivity index (χ4n) is 4.88. The van der Waals surface area contributed by atoms with Crippen molar-refractivity contribution in [2.75, 3.05) is 31.3 Å². The minimum absolute atomic E-state index is 0.00291. The van der Waals surface area contributed by atoms with Gasteiger partial charge < -0.3 is 25.6 Å². The number of methoxy groups -OCH3 is 1. The van der Waals surface area contributed by atoms with Crippen LogP contribution in [-0.2, 0) is 26.1 Å². The first-order chi connectivity index (χ1) is 17.6. The highest BCUT2D eigenvalue weighted by molar-refractivity contribution is 5.98. The van der Waals surface area contributed by atoms with Gasteiger partial charge in [0, 0.05) is 49.0 Å². The first-order valence-electron chi connectivity index (χ1n) is 12.1. The summed E-state index contributed by atoms with van der Waals surface area (Å²) in [6.45, 7) is 3.19. The summed E-state index contributed by atoms with van der Waals surface area (Å²) in [4.78, 5) is 23.6. The van der Waals surface area contributed by atoms with Crippen molar-refractivity contribution in [2.24, 2.45) is 0 Å². The molecular weight excluding hydrogens is 452 g/mol. The van der Waals surface area contributed by atoms with E-state index in [0.717, 1.165) is 64.2 Å². The first-order valence-corrected chi connectivity index (χ1v) is 12.1. The number of rotatable bonds is 6. The summed E-state index contributed by atoms with van der Waals surface area (Å²) in [5.74, 6) is 1.31. The Bertz CT molecular complexity index is 1480. The molecule has 8 heteroatoms. The molecule has 36 heavy (non-hydrogen) atoms. The lowest BCUT2D eigenvalue weighted by Gasteiger charge is -2.26. The maximum atomic E-state index is 12.0. The molecule has 1 amide bonds. The van der Waals surface area contributed by atoms with Gasteiger partial charge in [0.1, 0.15) is 5.75 Å². The van der Waals surface area contributed by atoms with E-state index in [2.05, 4.69) is 51.1 Å². The Morgan fingerprint density at radius 3 is 2.89 bits per heavy atom. The average Bonchev–Trinajstić information content (AvgIpc) is 3.26. The number of likely N-dealkylation sites (N-methyl/N-ethyl adjacent to an activating group) is 1. The first kappa shape index (κ1) is 22.3. The van der Waals surface area contributed by atoms with Crippen LogP contribution in [0, 0.1) is 0 Å². The van der Waals surface area contributed by atoms with Gasteiger partial charge in [0.2, 0.25) is 5.95 Å². The molecule has 3 heterocycles. The monoisotopic (exact) mass is 480 g/mol. The number of nitrogens with one attached hydrogen (secondary N) is 3. The molecule has 0 aliphatic carbocycles.